The molecule has 0 bridgehead atoms. The van der Waals surface area contributed by atoms with Crippen molar-refractivity contribution in [2.75, 3.05) is 28.2 Å². The summed E-state index contributed by atoms with van der Waals surface area (Å²) in [6, 6.07) is 0. The molecule has 0 atom stereocenters. The van der Waals surface area contributed by atoms with Crippen molar-refractivity contribution in [2.45, 2.75) is 0 Å². The largest absolute Gasteiger partial charge is 0.870 e. The van der Waals surface area contributed by atoms with E-state index in [1.54, 1.807) is 0 Å². The summed E-state index contributed by atoms with van der Waals surface area (Å²) < 4.78 is 1.00. The molecule has 0 fully saturated rings. The Morgan fingerprint density at radius 2 is 0.857 bits per heavy atom. The maximum Gasteiger partial charge on any atom is 0.0675 e. The maximum absolute atomic E-state index is 2.12. The van der Waals surface area contributed by atoms with Gasteiger partial charge in [-0.25, -0.2) is 0 Å². The molecule has 0 heterocycles. The summed E-state index contributed by atoms with van der Waals surface area (Å²) in [5, 5.41) is 0. The smallest absolute Gasteiger partial charge is 0.0675 e. The zero-order chi connectivity index (χ0) is 4.50. The first kappa shape index (κ1) is 15.7. The summed E-state index contributed by atoms with van der Waals surface area (Å²) in [6.45, 7) is 0. The van der Waals surface area contributed by atoms with Crippen molar-refractivity contribution in [3.8, 4) is 0 Å². The minimum atomic E-state index is 0. The molecule has 0 aliphatic rings. The first-order valence-electron chi connectivity index (χ1n) is 1.79. The van der Waals surface area contributed by atoms with E-state index >= 15 is 0 Å². The van der Waals surface area contributed by atoms with Gasteiger partial charge in [-0.15, -0.1) is 0 Å². The fourth-order valence-corrected chi connectivity index (χ4v) is 0. The van der Waals surface area contributed by atoms with Gasteiger partial charge in [0, 0.05) is 41.7 Å². The zero-order valence-corrected chi connectivity index (χ0v) is 8.53. The molecule has 7 heavy (non-hydrogen) atoms. The first-order valence-corrected chi connectivity index (χ1v) is 1.79. The predicted octanol–water partition coefficient (Wildman–Crippen LogP) is 0.146. The topological polar surface area (TPSA) is 30.0 Å². The van der Waals surface area contributed by atoms with E-state index in [4.69, 9.17) is 0 Å². The van der Waals surface area contributed by atoms with Gasteiger partial charge in [0.25, 0.3) is 0 Å². The minimum Gasteiger partial charge on any atom is -0.870 e. The first-order chi connectivity index (χ1) is 2.00. The molecule has 0 saturated carbocycles. The van der Waals surface area contributed by atoms with Crippen molar-refractivity contribution in [2.24, 2.45) is 0 Å². The fraction of sp³-hybridized carbons (Fsp3) is 1.00. The average Bonchev–Trinajstić information content (AvgIpc) is 0.722. The normalized spacial score (nSPS) is 8.57. The molecule has 1 N–H and O–H groups in total. The van der Waals surface area contributed by atoms with E-state index in [0.717, 1.165) is 4.48 Å². The van der Waals surface area contributed by atoms with Crippen LogP contribution in [0.4, 0.5) is 0 Å². The molecule has 3 heteroatoms. The third-order valence-corrected chi connectivity index (χ3v) is 0. The van der Waals surface area contributed by atoms with Crippen LogP contribution in [-0.4, -0.2) is 38.1 Å². The average molecular weight is 231 g/mol. The number of hydrogen-bond acceptors (Lipinski definition) is 1. The van der Waals surface area contributed by atoms with Gasteiger partial charge in [0.15, 0.2) is 0 Å². The Labute approximate surface area is 79.2 Å². The van der Waals surface area contributed by atoms with Crippen LogP contribution in [0, 0.1) is 41.7 Å². The van der Waals surface area contributed by atoms with Crippen LogP contribution in [0.1, 0.15) is 0 Å². The Kier molecular flexibility index (Phi) is 12.2. The number of quaternary nitrogens is 1. The molecule has 0 spiro atoms. The third kappa shape index (κ3) is 122. The van der Waals surface area contributed by atoms with Crippen molar-refractivity contribution in [3.63, 3.8) is 0 Å². The monoisotopic (exact) mass is 231 g/mol. The van der Waals surface area contributed by atoms with E-state index in [0.29, 0.717) is 0 Å². The van der Waals surface area contributed by atoms with Gasteiger partial charge in [-0.05, 0) is 0 Å². The van der Waals surface area contributed by atoms with Gasteiger partial charge >= 0.3 is 0 Å². The molecular formula is C4H13CeNO. The van der Waals surface area contributed by atoms with E-state index in [1.807, 2.05) is 0 Å². The van der Waals surface area contributed by atoms with Gasteiger partial charge in [0.1, 0.15) is 0 Å². The molecule has 0 rings (SSSR count). The molecule has 0 amide bonds. The third-order valence-electron chi connectivity index (χ3n) is 0. The second-order valence-corrected chi connectivity index (χ2v) is 2.68. The Hall–Kier alpha value is 1.30. The molecular weight excluding hydrogens is 218 g/mol. The summed E-state index contributed by atoms with van der Waals surface area (Å²) >= 11 is 0. The van der Waals surface area contributed by atoms with Crippen LogP contribution < -0.4 is 0 Å². The second-order valence-electron chi connectivity index (χ2n) is 2.68. The zero-order valence-electron chi connectivity index (χ0n) is 5.39. The SMILES string of the molecule is C[N+](C)(C)C.[Ce].[OH-]. The molecule has 0 aliphatic carbocycles. The summed E-state index contributed by atoms with van der Waals surface area (Å²) in [5.41, 5.74) is 0. The van der Waals surface area contributed by atoms with E-state index in [2.05, 4.69) is 28.2 Å². The fourth-order valence-electron chi connectivity index (χ4n) is 0. The van der Waals surface area contributed by atoms with Crippen molar-refractivity contribution in [3.05, 3.63) is 0 Å². The van der Waals surface area contributed by atoms with Gasteiger partial charge in [0.2, 0.25) is 0 Å². The van der Waals surface area contributed by atoms with Crippen LogP contribution in [-0.2, 0) is 0 Å². The van der Waals surface area contributed by atoms with Crippen molar-refractivity contribution in [1.29, 1.82) is 0 Å². The minimum absolute atomic E-state index is 0. The molecule has 0 saturated heterocycles. The van der Waals surface area contributed by atoms with Crippen LogP contribution in [0.5, 0.6) is 0 Å². The molecule has 0 aliphatic heterocycles. The molecule has 0 aromatic rings. The number of hydrogen-bond donors (Lipinski definition) is 0. The van der Waals surface area contributed by atoms with Crippen LogP contribution in [0.3, 0.4) is 0 Å². The van der Waals surface area contributed by atoms with Crippen molar-refractivity contribution < 1.29 is 51.7 Å². The predicted molar refractivity (Wildman–Crippen MR) is 25.9 cm³/mol. The van der Waals surface area contributed by atoms with Crippen LogP contribution in [0.2, 0.25) is 0 Å². The Morgan fingerprint density at radius 1 is 0.857 bits per heavy atom. The second kappa shape index (κ2) is 5.43. The summed E-state index contributed by atoms with van der Waals surface area (Å²) in [6.07, 6.45) is 0. The molecule has 0 aromatic heterocycles. The van der Waals surface area contributed by atoms with Gasteiger partial charge < -0.3 is 9.96 Å². The van der Waals surface area contributed by atoms with Gasteiger partial charge in [0.05, 0.1) is 28.2 Å². The van der Waals surface area contributed by atoms with E-state index in [1.165, 1.54) is 0 Å². The quantitative estimate of drug-likeness (QED) is 0.546. The van der Waals surface area contributed by atoms with Crippen LogP contribution >= 0.6 is 0 Å². The van der Waals surface area contributed by atoms with E-state index < -0.39 is 0 Å². The molecule has 0 radical (unpaired) electrons. The Bertz CT molecular complexity index is 27.2. The van der Waals surface area contributed by atoms with Crippen LogP contribution in [0.25, 0.3) is 0 Å². The Balaban J connectivity index is -0.0000000800. The standard InChI is InChI=1S/C4H12N.Ce.H2O/c1-5(2,3)4;;/h1-4H3;;1H2/q+1;;/p-1. The van der Waals surface area contributed by atoms with Crippen molar-refractivity contribution >= 4 is 0 Å². The molecule has 2 nitrogen and oxygen atoms in total. The molecule has 0 unspecified atom stereocenters. The number of nitrogens with zero attached hydrogens (tertiary/aromatic N) is 1. The van der Waals surface area contributed by atoms with Crippen LogP contribution in [0.15, 0.2) is 0 Å². The number of rotatable bonds is 0. The molecule has 0 aromatic carbocycles. The van der Waals surface area contributed by atoms with E-state index in [9.17, 15) is 0 Å². The summed E-state index contributed by atoms with van der Waals surface area (Å²) in [7, 11) is 8.50. The molecule has 44 valence electrons. The summed E-state index contributed by atoms with van der Waals surface area (Å²) in [4.78, 5) is 0. The van der Waals surface area contributed by atoms with E-state index in [-0.39, 0.29) is 47.2 Å². The van der Waals surface area contributed by atoms with Crippen molar-refractivity contribution in [1.82, 2.24) is 0 Å². The Morgan fingerprint density at radius 3 is 0.857 bits per heavy atom. The van der Waals surface area contributed by atoms with Gasteiger partial charge in [-0.2, -0.15) is 0 Å². The summed E-state index contributed by atoms with van der Waals surface area (Å²) in [5.74, 6) is 0. The van der Waals surface area contributed by atoms with Gasteiger partial charge in [-0.1, -0.05) is 0 Å². The van der Waals surface area contributed by atoms with Gasteiger partial charge in [-0.3, -0.25) is 0 Å². The maximum atomic E-state index is 2.12.